The van der Waals surface area contributed by atoms with Crippen LogP contribution in [0.1, 0.15) is 13.3 Å². The van der Waals surface area contributed by atoms with E-state index in [1.54, 1.807) is 18.3 Å². The van der Waals surface area contributed by atoms with E-state index < -0.39 is 0 Å². The maximum Gasteiger partial charge on any atom is 0.239 e. The van der Waals surface area contributed by atoms with Crippen molar-refractivity contribution >= 4 is 35.1 Å². The minimum absolute atomic E-state index is 0.0877. The number of hydrogen-bond acceptors (Lipinski definition) is 4. The van der Waals surface area contributed by atoms with Crippen molar-refractivity contribution in [3.63, 3.8) is 0 Å². The Labute approximate surface area is 126 Å². The summed E-state index contributed by atoms with van der Waals surface area (Å²) < 4.78 is 1.89. The summed E-state index contributed by atoms with van der Waals surface area (Å²) in [6.07, 6.45) is 5.78. The molecular formula is C13H15ClN4OS. The molecule has 2 aromatic rings. The average Bonchev–Trinajstić information content (AvgIpc) is 2.84. The number of thioether (sulfide) groups is 1. The molecule has 0 aliphatic heterocycles. The molecule has 0 saturated heterocycles. The third-order valence-electron chi connectivity index (χ3n) is 2.67. The Morgan fingerprint density at radius 1 is 1.50 bits per heavy atom. The van der Waals surface area contributed by atoms with E-state index in [0.29, 0.717) is 17.3 Å². The molecule has 2 heterocycles. The number of carbonyl (C=O) groups excluding carboxylic acids is 1. The number of rotatable bonds is 5. The van der Waals surface area contributed by atoms with E-state index in [4.69, 9.17) is 11.6 Å². The molecule has 0 aliphatic carbocycles. The summed E-state index contributed by atoms with van der Waals surface area (Å²) in [5, 5.41) is 3.93. The first kappa shape index (κ1) is 14.9. The van der Waals surface area contributed by atoms with Crippen LogP contribution >= 0.6 is 23.4 Å². The molecule has 20 heavy (non-hydrogen) atoms. The van der Waals surface area contributed by atoms with Gasteiger partial charge in [-0.25, -0.2) is 9.97 Å². The van der Waals surface area contributed by atoms with Crippen molar-refractivity contribution in [2.45, 2.75) is 23.8 Å². The molecule has 2 rings (SSSR count). The third kappa shape index (κ3) is 3.74. The number of anilines is 1. The molecule has 0 aliphatic rings. The minimum atomic E-state index is -0.214. The Balaban J connectivity index is 2.02. The second-order valence-corrected chi connectivity index (χ2v) is 5.79. The smallest absolute Gasteiger partial charge is 0.239 e. The number of amides is 1. The van der Waals surface area contributed by atoms with E-state index in [-0.39, 0.29) is 11.2 Å². The van der Waals surface area contributed by atoms with Gasteiger partial charge in [0.1, 0.15) is 5.82 Å². The van der Waals surface area contributed by atoms with Crippen molar-refractivity contribution in [3.05, 3.63) is 35.7 Å². The lowest BCUT2D eigenvalue weighted by Crippen LogP contribution is -2.25. The van der Waals surface area contributed by atoms with Gasteiger partial charge in [-0.3, -0.25) is 4.79 Å². The van der Waals surface area contributed by atoms with Gasteiger partial charge in [-0.05, 0) is 18.6 Å². The van der Waals surface area contributed by atoms with Gasteiger partial charge in [0, 0.05) is 25.6 Å². The van der Waals surface area contributed by atoms with E-state index in [9.17, 15) is 4.79 Å². The highest BCUT2D eigenvalue weighted by molar-refractivity contribution is 8.00. The van der Waals surface area contributed by atoms with Crippen molar-refractivity contribution in [1.82, 2.24) is 14.5 Å². The molecule has 0 aromatic carbocycles. The highest BCUT2D eigenvalue weighted by Crippen LogP contribution is 2.24. The van der Waals surface area contributed by atoms with Gasteiger partial charge < -0.3 is 9.88 Å². The Hall–Kier alpha value is -1.53. The molecule has 0 spiro atoms. The van der Waals surface area contributed by atoms with Crippen LogP contribution in [0.25, 0.3) is 0 Å². The van der Waals surface area contributed by atoms with E-state index in [2.05, 4.69) is 15.3 Å². The maximum atomic E-state index is 12.2. The molecule has 1 N–H and O–H groups in total. The van der Waals surface area contributed by atoms with Gasteiger partial charge in [-0.1, -0.05) is 30.3 Å². The second kappa shape index (κ2) is 6.76. The number of nitrogens with one attached hydrogen (secondary N) is 1. The average molecular weight is 311 g/mol. The van der Waals surface area contributed by atoms with Crippen LogP contribution in [-0.2, 0) is 11.8 Å². The number of hydrogen-bond donors (Lipinski definition) is 1. The van der Waals surface area contributed by atoms with Crippen LogP contribution in [0.4, 0.5) is 5.82 Å². The molecule has 0 saturated carbocycles. The Morgan fingerprint density at radius 3 is 2.85 bits per heavy atom. The number of aryl methyl sites for hydroxylation is 1. The van der Waals surface area contributed by atoms with Crippen molar-refractivity contribution in [2.75, 3.05) is 5.32 Å². The van der Waals surface area contributed by atoms with Gasteiger partial charge in [0.05, 0.1) is 10.3 Å². The molecule has 1 amide bonds. The molecule has 5 nitrogen and oxygen atoms in total. The highest BCUT2D eigenvalue weighted by atomic mass is 35.5. The van der Waals surface area contributed by atoms with Crippen LogP contribution in [-0.4, -0.2) is 25.7 Å². The van der Waals surface area contributed by atoms with E-state index in [0.717, 1.165) is 5.16 Å². The van der Waals surface area contributed by atoms with Crippen LogP contribution in [0, 0.1) is 0 Å². The fourth-order valence-corrected chi connectivity index (χ4v) is 2.62. The molecule has 106 valence electrons. The number of pyridine rings is 1. The van der Waals surface area contributed by atoms with Crippen LogP contribution in [0.5, 0.6) is 0 Å². The lowest BCUT2D eigenvalue weighted by Gasteiger charge is -2.13. The van der Waals surface area contributed by atoms with Gasteiger partial charge in [-0.2, -0.15) is 0 Å². The van der Waals surface area contributed by atoms with E-state index >= 15 is 0 Å². The zero-order valence-electron chi connectivity index (χ0n) is 11.2. The Morgan fingerprint density at radius 2 is 2.30 bits per heavy atom. The molecule has 0 fully saturated rings. The molecule has 0 radical (unpaired) electrons. The Bertz CT molecular complexity index is 584. The molecule has 2 aromatic heterocycles. The molecule has 0 unspecified atom stereocenters. The largest absolute Gasteiger partial charge is 0.329 e. The summed E-state index contributed by atoms with van der Waals surface area (Å²) in [5.74, 6) is 0.411. The highest BCUT2D eigenvalue weighted by Gasteiger charge is 2.20. The normalized spacial score (nSPS) is 12.2. The maximum absolute atomic E-state index is 12.2. The monoisotopic (exact) mass is 310 g/mol. The number of halogens is 1. The quantitative estimate of drug-likeness (QED) is 0.863. The minimum Gasteiger partial charge on any atom is -0.329 e. The summed E-state index contributed by atoms with van der Waals surface area (Å²) in [4.78, 5) is 20.5. The predicted molar refractivity (Wildman–Crippen MR) is 81.0 cm³/mol. The van der Waals surface area contributed by atoms with E-state index in [1.165, 1.54) is 18.0 Å². The SMILES string of the molecule is CC[C@@H](Sc1nccn1C)C(=O)Nc1ccc(Cl)cn1. The first-order valence-electron chi connectivity index (χ1n) is 6.16. The molecular weight excluding hydrogens is 296 g/mol. The van der Waals surface area contributed by atoms with Crippen LogP contribution < -0.4 is 5.32 Å². The van der Waals surface area contributed by atoms with Crippen molar-refractivity contribution in [1.29, 1.82) is 0 Å². The molecule has 1 atom stereocenters. The second-order valence-electron chi connectivity index (χ2n) is 4.19. The van der Waals surface area contributed by atoms with Crippen LogP contribution in [0.2, 0.25) is 5.02 Å². The van der Waals surface area contributed by atoms with Gasteiger partial charge in [0.15, 0.2) is 5.16 Å². The lowest BCUT2D eigenvalue weighted by atomic mass is 10.3. The summed E-state index contributed by atoms with van der Waals surface area (Å²) >= 11 is 7.20. The first-order chi connectivity index (χ1) is 9.60. The molecule has 0 bridgehead atoms. The number of nitrogens with zero attached hydrogens (tertiary/aromatic N) is 3. The standard InChI is InChI=1S/C13H15ClN4OS/c1-3-10(20-13-15-6-7-18(13)2)12(19)17-11-5-4-9(14)8-16-11/h4-8,10H,3H2,1-2H3,(H,16,17,19)/t10-/m1/s1. The summed E-state index contributed by atoms with van der Waals surface area (Å²) in [6, 6.07) is 3.37. The summed E-state index contributed by atoms with van der Waals surface area (Å²) in [7, 11) is 1.90. The van der Waals surface area contributed by atoms with Gasteiger partial charge in [0.25, 0.3) is 0 Å². The fraction of sp³-hybridized carbons (Fsp3) is 0.308. The van der Waals surface area contributed by atoms with Crippen LogP contribution in [0.15, 0.2) is 35.9 Å². The fourth-order valence-electron chi connectivity index (χ4n) is 1.57. The topological polar surface area (TPSA) is 59.8 Å². The van der Waals surface area contributed by atoms with Crippen LogP contribution in [0.3, 0.4) is 0 Å². The van der Waals surface area contributed by atoms with Gasteiger partial charge in [0.2, 0.25) is 5.91 Å². The first-order valence-corrected chi connectivity index (χ1v) is 7.42. The van der Waals surface area contributed by atoms with Crippen molar-refractivity contribution in [2.24, 2.45) is 7.05 Å². The van der Waals surface area contributed by atoms with E-state index in [1.807, 2.05) is 24.7 Å². The zero-order chi connectivity index (χ0) is 14.5. The van der Waals surface area contributed by atoms with Crippen molar-refractivity contribution in [3.8, 4) is 0 Å². The van der Waals surface area contributed by atoms with Crippen molar-refractivity contribution < 1.29 is 4.79 Å². The van der Waals surface area contributed by atoms with Gasteiger partial charge in [-0.15, -0.1) is 0 Å². The number of aromatic nitrogens is 3. The Kier molecular flexibility index (Phi) is 5.03. The summed E-state index contributed by atoms with van der Waals surface area (Å²) in [5.41, 5.74) is 0. The number of carbonyl (C=O) groups is 1. The third-order valence-corrected chi connectivity index (χ3v) is 4.33. The number of imidazole rings is 1. The molecule has 7 heteroatoms. The van der Waals surface area contributed by atoms with Gasteiger partial charge >= 0.3 is 0 Å². The summed E-state index contributed by atoms with van der Waals surface area (Å²) in [6.45, 7) is 1.97. The zero-order valence-corrected chi connectivity index (χ0v) is 12.8. The predicted octanol–water partition coefficient (Wildman–Crippen LogP) is 2.98. The lowest BCUT2D eigenvalue weighted by molar-refractivity contribution is -0.115.